The number of benzene rings is 1. The molecular weight excluding hydrogens is 406 g/mol. The van der Waals surface area contributed by atoms with E-state index in [-0.39, 0.29) is 15.5 Å². The van der Waals surface area contributed by atoms with Gasteiger partial charge in [0.25, 0.3) is 15.9 Å². The summed E-state index contributed by atoms with van der Waals surface area (Å²) >= 11 is 1.12. The van der Waals surface area contributed by atoms with Gasteiger partial charge in [0, 0.05) is 0 Å². The van der Waals surface area contributed by atoms with Gasteiger partial charge >= 0.3 is 0 Å². The minimum absolute atomic E-state index is 0.195. The van der Waals surface area contributed by atoms with Crippen molar-refractivity contribution in [1.29, 1.82) is 0 Å². The Balaban J connectivity index is 1.71. The Morgan fingerprint density at radius 3 is 2.76 bits per heavy atom. The Kier molecular flexibility index (Phi) is 7.22. The molecule has 0 bridgehead atoms. The number of carbonyl (C=O) groups is 1. The Labute approximate surface area is 175 Å². The minimum atomic E-state index is -3.73. The van der Waals surface area contributed by atoms with E-state index in [9.17, 15) is 13.2 Å². The second-order valence-corrected chi connectivity index (χ2v) is 9.66. The van der Waals surface area contributed by atoms with Crippen molar-refractivity contribution in [3.63, 3.8) is 0 Å². The van der Waals surface area contributed by atoms with Gasteiger partial charge in [-0.15, -0.1) is 11.3 Å². The van der Waals surface area contributed by atoms with E-state index in [4.69, 9.17) is 0 Å². The lowest BCUT2D eigenvalue weighted by Gasteiger charge is -2.11. The van der Waals surface area contributed by atoms with Crippen LogP contribution in [-0.2, 0) is 10.0 Å². The van der Waals surface area contributed by atoms with Crippen molar-refractivity contribution in [2.45, 2.75) is 49.7 Å². The number of anilines is 1. The SMILES string of the molecule is CCCCCC1=CCCC1=NNC(=O)c1ccccc1NS(=O)(=O)c1cccs1. The highest BCUT2D eigenvalue weighted by atomic mass is 32.2. The molecule has 1 amide bonds. The highest BCUT2D eigenvalue weighted by molar-refractivity contribution is 7.94. The molecule has 0 radical (unpaired) electrons. The molecule has 3 rings (SSSR count). The molecule has 1 aromatic carbocycles. The van der Waals surface area contributed by atoms with E-state index in [1.807, 2.05) is 0 Å². The van der Waals surface area contributed by atoms with Gasteiger partial charge in [0.15, 0.2) is 0 Å². The van der Waals surface area contributed by atoms with Crippen molar-refractivity contribution < 1.29 is 13.2 Å². The quantitative estimate of drug-likeness (QED) is 0.436. The fourth-order valence-corrected chi connectivity index (χ4v) is 5.23. The number of hydrogen-bond donors (Lipinski definition) is 2. The maximum atomic E-state index is 12.7. The highest BCUT2D eigenvalue weighted by Crippen LogP contribution is 2.24. The normalized spacial score (nSPS) is 15.3. The van der Waals surface area contributed by atoms with Crippen LogP contribution in [0.1, 0.15) is 55.8 Å². The number of hydrogen-bond acceptors (Lipinski definition) is 5. The predicted molar refractivity (Wildman–Crippen MR) is 118 cm³/mol. The summed E-state index contributed by atoms with van der Waals surface area (Å²) in [4.78, 5) is 12.7. The number of unbranched alkanes of at least 4 members (excludes halogenated alkanes) is 2. The van der Waals surface area contributed by atoms with Crippen LogP contribution in [0.15, 0.2) is 62.7 Å². The van der Waals surface area contributed by atoms with Crippen molar-refractivity contribution in [3.05, 3.63) is 59.0 Å². The van der Waals surface area contributed by atoms with E-state index in [0.717, 1.165) is 49.2 Å². The van der Waals surface area contributed by atoms with Gasteiger partial charge in [0.1, 0.15) is 4.21 Å². The number of amides is 1. The molecule has 29 heavy (non-hydrogen) atoms. The summed E-state index contributed by atoms with van der Waals surface area (Å²) in [5.41, 5.74) is 5.16. The number of rotatable bonds is 9. The standard InChI is InChI=1S/C21H25N3O3S2/c1-2-3-4-9-16-10-7-13-18(16)22-23-21(25)17-11-5-6-12-19(17)24-29(26,27)20-14-8-15-28-20/h5-6,8,10-12,14-15,24H,2-4,7,9,13H2,1H3,(H,23,25). The van der Waals surface area contributed by atoms with E-state index in [1.54, 1.807) is 35.7 Å². The van der Waals surface area contributed by atoms with Crippen molar-refractivity contribution >= 4 is 38.7 Å². The molecule has 2 aromatic rings. The van der Waals surface area contributed by atoms with Crippen LogP contribution < -0.4 is 10.1 Å². The van der Waals surface area contributed by atoms with Crippen LogP contribution in [0.25, 0.3) is 0 Å². The molecule has 0 saturated heterocycles. The topological polar surface area (TPSA) is 87.6 Å². The summed E-state index contributed by atoms with van der Waals surface area (Å²) < 4.78 is 27.7. The Morgan fingerprint density at radius 2 is 2.00 bits per heavy atom. The second kappa shape index (κ2) is 9.84. The summed E-state index contributed by atoms with van der Waals surface area (Å²) in [6.07, 6.45) is 8.36. The number of sulfonamides is 1. The monoisotopic (exact) mass is 431 g/mol. The van der Waals surface area contributed by atoms with Gasteiger partial charge in [-0.2, -0.15) is 5.10 Å². The summed E-state index contributed by atoms with van der Waals surface area (Å²) in [5.74, 6) is -0.443. The van der Waals surface area contributed by atoms with Gasteiger partial charge < -0.3 is 0 Å². The third-order valence-corrected chi connectivity index (χ3v) is 7.42. The first-order valence-corrected chi connectivity index (χ1v) is 12.1. The lowest BCUT2D eigenvalue weighted by atomic mass is 10.1. The smallest absolute Gasteiger partial charge is 0.273 e. The first-order chi connectivity index (χ1) is 14.0. The van der Waals surface area contributed by atoms with Crippen LogP contribution in [0.5, 0.6) is 0 Å². The highest BCUT2D eigenvalue weighted by Gasteiger charge is 2.20. The van der Waals surface area contributed by atoms with E-state index in [1.165, 1.54) is 18.1 Å². The fraction of sp³-hybridized carbons (Fsp3) is 0.333. The first kappa shape index (κ1) is 21.3. The number of nitrogens with zero attached hydrogens (tertiary/aromatic N) is 1. The van der Waals surface area contributed by atoms with Gasteiger partial charge in [-0.3, -0.25) is 9.52 Å². The number of para-hydroxylation sites is 1. The number of hydrazone groups is 1. The number of thiophene rings is 1. The molecule has 0 spiro atoms. The Morgan fingerprint density at radius 1 is 1.17 bits per heavy atom. The van der Waals surface area contributed by atoms with Gasteiger partial charge in [-0.25, -0.2) is 13.8 Å². The molecule has 1 aromatic heterocycles. The Hall–Kier alpha value is -2.45. The zero-order valence-electron chi connectivity index (χ0n) is 16.3. The maximum Gasteiger partial charge on any atom is 0.273 e. The molecule has 6 nitrogen and oxygen atoms in total. The molecule has 0 saturated carbocycles. The molecule has 8 heteroatoms. The average molecular weight is 432 g/mol. The van der Waals surface area contributed by atoms with Crippen LogP contribution in [0, 0.1) is 0 Å². The van der Waals surface area contributed by atoms with E-state index < -0.39 is 15.9 Å². The fourth-order valence-electron chi connectivity index (χ4n) is 3.16. The van der Waals surface area contributed by atoms with Crippen LogP contribution in [-0.4, -0.2) is 20.0 Å². The maximum absolute atomic E-state index is 12.7. The molecule has 0 aliphatic heterocycles. The van der Waals surface area contributed by atoms with E-state index >= 15 is 0 Å². The lowest BCUT2D eigenvalue weighted by Crippen LogP contribution is -2.22. The third kappa shape index (κ3) is 5.55. The summed E-state index contributed by atoms with van der Waals surface area (Å²) in [5, 5.41) is 6.01. The predicted octanol–water partition coefficient (Wildman–Crippen LogP) is 4.94. The van der Waals surface area contributed by atoms with Gasteiger partial charge in [0.05, 0.1) is 17.0 Å². The van der Waals surface area contributed by atoms with Gasteiger partial charge in [-0.05, 0) is 54.8 Å². The minimum Gasteiger partial charge on any atom is -0.278 e. The summed E-state index contributed by atoms with van der Waals surface area (Å²) in [6, 6.07) is 9.71. The zero-order chi connectivity index (χ0) is 20.7. The lowest BCUT2D eigenvalue weighted by molar-refractivity contribution is 0.0955. The first-order valence-electron chi connectivity index (χ1n) is 9.73. The van der Waals surface area contributed by atoms with Crippen LogP contribution >= 0.6 is 11.3 Å². The molecule has 2 N–H and O–H groups in total. The number of carbonyl (C=O) groups excluding carboxylic acids is 1. The van der Waals surface area contributed by atoms with Crippen molar-refractivity contribution in [3.8, 4) is 0 Å². The van der Waals surface area contributed by atoms with Gasteiger partial charge in [0.2, 0.25) is 0 Å². The van der Waals surface area contributed by atoms with E-state index in [0.29, 0.717) is 0 Å². The largest absolute Gasteiger partial charge is 0.278 e. The Bertz CT molecular complexity index is 1010. The van der Waals surface area contributed by atoms with Crippen molar-refractivity contribution in [1.82, 2.24) is 5.43 Å². The molecular formula is C21H25N3O3S2. The molecule has 1 aliphatic carbocycles. The molecule has 0 atom stereocenters. The van der Waals surface area contributed by atoms with Crippen LogP contribution in [0.2, 0.25) is 0 Å². The van der Waals surface area contributed by atoms with E-state index in [2.05, 4.69) is 28.2 Å². The molecule has 1 aliphatic rings. The number of nitrogens with one attached hydrogen (secondary N) is 2. The average Bonchev–Trinajstić information content (AvgIpc) is 3.39. The molecule has 0 fully saturated rings. The van der Waals surface area contributed by atoms with Crippen molar-refractivity contribution in [2.75, 3.05) is 4.72 Å². The van der Waals surface area contributed by atoms with Crippen molar-refractivity contribution in [2.24, 2.45) is 5.10 Å². The second-order valence-electron chi connectivity index (χ2n) is 6.81. The molecule has 1 heterocycles. The molecule has 0 unspecified atom stereocenters. The number of allylic oxidation sites excluding steroid dienone is 2. The third-order valence-electron chi connectivity index (χ3n) is 4.66. The zero-order valence-corrected chi connectivity index (χ0v) is 18.0. The molecule has 154 valence electrons. The van der Waals surface area contributed by atoms with Crippen LogP contribution in [0.4, 0.5) is 5.69 Å². The van der Waals surface area contributed by atoms with Gasteiger partial charge in [-0.1, -0.05) is 44.0 Å². The van der Waals surface area contributed by atoms with Crippen LogP contribution in [0.3, 0.4) is 0 Å². The summed E-state index contributed by atoms with van der Waals surface area (Å²) in [7, 11) is -3.73. The summed E-state index contributed by atoms with van der Waals surface area (Å²) in [6.45, 7) is 2.17.